The van der Waals surface area contributed by atoms with Crippen LogP contribution >= 0.6 is 11.6 Å². The zero-order valence-corrected chi connectivity index (χ0v) is 16.0. The van der Waals surface area contributed by atoms with Crippen molar-refractivity contribution in [3.05, 3.63) is 76.1 Å². The van der Waals surface area contributed by atoms with Gasteiger partial charge in [0.2, 0.25) is 0 Å². The molecule has 0 aliphatic carbocycles. The predicted octanol–water partition coefficient (Wildman–Crippen LogP) is 5.20. The maximum absolute atomic E-state index is 11.6. The van der Waals surface area contributed by atoms with Crippen molar-refractivity contribution in [2.75, 3.05) is 7.11 Å². The maximum atomic E-state index is 11.6. The molecular weight excluding hydrogens is 364 g/mol. The lowest BCUT2D eigenvalue weighted by Crippen LogP contribution is -2.07. The molecule has 138 valence electrons. The Kier molecular flexibility index (Phi) is 5.33. The third-order valence-electron chi connectivity index (χ3n) is 4.33. The molecule has 1 N–H and O–H groups in total. The minimum atomic E-state index is -0.957. The number of aromatic nitrogens is 1. The van der Waals surface area contributed by atoms with E-state index in [1.165, 1.54) is 0 Å². The second kappa shape index (κ2) is 7.68. The quantitative estimate of drug-likeness (QED) is 0.616. The van der Waals surface area contributed by atoms with Crippen LogP contribution in [0.3, 0.4) is 0 Å². The van der Waals surface area contributed by atoms with Gasteiger partial charge in [-0.05, 0) is 50.2 Å². The summed E-state index contributed by atoms with van der Waals surface area (Å²) in [5, 5.41) is 9.97. The van der Waals surface area contributed by atoms with Gasteiger partial charge in [0.15, 0.2) is 0 Å². The van der Waals surface area contributed by atoms with E-state index < -0.39 is 5.97 Å². The van der Waals surface area contributed by atoms with E-state index in [1.54, 1.807) is 43.7 Å². The van der Waals surface area contributed by atoms with Gasteiger partial charge in [-0.1, -0.05) is 23.7 Å². The third kappa shape index (κ3) is 3.73. The molecule has 0 radical (unpaired) electrons. The average Bonchev–Trinajstić information content (AvgIpc) is 2.93. The number of carbonyl (C=O) groups is 1. The van der Waals surface area contributed by atoms with Gasteiger partial charge in [0, 0.05) is 23.2 Å². The SMILES string of the molecule is COc1ccc(N=Cc2cc(C)n(-c3ccccc3C(=O)O)c2C)cc1Cl. The largest absolute Gasteiger partial charge is 0.495 e. The van der Waals surface area contributed by atoms with Gasteiger partial charge in [0.25, 0.3) is 0 Å². The zero-order valence-electron chi connectivity index (χ0n) is 15.2. The number of aliphatic imine (C=N–C) groups is 1. The van der Waals surface area contributed by atoms with Crippen LogP contribution in [-0.2, 0) is 0 Å². The molecule has 1 aromatic heterocycles. The average molecular weight is 383 g/mol. The molecule has 0 spiro atoms. The summed E-state index contributed by atoms with van der Waals surface area (Å²) in [6.45, 7) is 3.88. The number of halogens is 1. The number of methoxy groups -OCH3 is 1. The first-order valence-electron chi connectivity index (χ1n) is 8.31. The molecule has 0 unspecified atom stereocenters. The van der Waals surface area contributed by atoms with E-state index in [2.05, 4.69) is 4.99 Å². The first-order valence-corrected chi connectivity index (χ1v) is 8.69. The topological polar surface area (TPSA) is 63.8 Å². The van der Waals surface area contributed by atoms with Crippen LogP contribution < -0.4 is 4.74 Å². The Bertz CT molecular complexity index is 1040. The molecule has 27 heavy (non-hydrogen) atoms. The number of ether oxygens (including phenoxy) is 1. The minimum Gasteiger partial charge on any atom is -0.495 e. The van der Waals surface area contributed by atoms with E-state index in [0.29, 0.717) is 22.1 Å². The van der Waals surface area contributed by atoms with Crippen molar-refractivity contribution in [2.45, 2.75) is 13.8 Å². The van der Waals surface area contributed by atoms with Crippen molar-refractivity contribution in [1.82, 2.24) is 4.57 Å². The fraction of sp³-hybridized carbons (Fsp3) is 0.143. The molecule has 3 aromatic rings. The number of benzene rings is 2. The second-order valence-electron chi connectivity index (χ2n) is 6.06. The highest BCUT2D eigenvalue weighted by Gasteiger charge is 2.15. The first-order chi connectivity index (χ1) is 12.9. The summed E-state index contributed by atoms with van der Waals surface area (Å²) in [4.78, 5) is 16.0. The predicted molar refractivity (Wildman–Crippen MR) is 107 cm³/mol. The van der Waals surface area contributed by atoms with Crippen LogP contribution in [0, 0.1) is 13.8 Å². The molecule has 5 nitrogen and oxygen atoms in total. The molecule has 3 rings (SSSR count). The molecule has 6 heteroatoms. The fourth-order valence-corrected chi connectivity index (χ4v) is 3.27. The highest BCUT2D eigenvalue weighted by atomic mass is 35.5. The van der Waals surface area contributed by atoms with Crippen LogP contribution in [-0.4, -0.2) is 29.0 Å². The van der Waals surface area contributed by atoms with Crippen molar-refractivity contribution in [1.29, 1.82) is 0 Å². The summed E-state index contributed by atoms with van der Waals surface area (Å²) in [5.74, 6) is -0.361. The van der Waals surface area contributed by atoms with Crippen LogP contribution in [0.1, 0.15) is 27.3 Å². The number of hydrogen-bond donors (Lipinski definition) is 1. The number of nitrogens with zero attached hydrogens (tertiary/aromatic N) is 2. The standard InChI is InChI=1S/C21H19ClN2O3/c1-13-10-15(12-23-16-8-9-20(27-3)18(22)11-16)14(2)24(13)19-7-5-4-6-17(19)21(25)26/h4-12H,1-3H3,(H,25,26). The van der Waals surface area contributed by atoms with E-state index >= 15 is 0 Å². The molecule has 0 saturated heterocycles. The van der Waals surface area contributed by atoms with E-state index in [9.17, 15) is 9.90 Å². The molecule has 2 aromatic carbocycles. The van der Waals surface area contributed by atoms with Gasteiger partial charge in [-0.15, -0.1) is 0 Å². The Morgan fingerprint density at radius 3 is 2.59 bits per heavy atom. The molecule has 0 aliphatic rings. The van der Waals surface area contributed by atoms with Crippen LogP contribution in [0.5, 0.6) is 5.75 Å². The van der Waals surface area contributed by atoms with E-state index in [4.69, 9.17) is 16.3 Å². The van der Waals surface area contributed by atoms with Gasteiger partial charge in [-0.25, -0.2) is 4.79 Å². The monoisotopic (exact) mass is 382 g/mol. The normalized spacial score (nSPS) is 11.1. The molecule has 0 amide bonds. The highest BCUT2D eigenvalue weighted by molar-refractivity contribution is 6.32. The van der Waals surface area contributed by atoms with Crippen molar-refractivity contribution in [3.63, 3.8) is 0 Å². The Labute approximate surface area is 162 Å². The molecular formula is C21H19ClN2O3. The summed E-state index contributed by atoms with van der Waals surface area (Å²) in [5.41, 5.74) is 4.33. The van der Waals surface area contributed by atoms with E-state index in [-0.39, 0.29) is 5.56 Å². The van der Waals surface area contributed by atoms with Gasteiger partial charge in [-0.2, -0.15) is 0 Å². The zero-order chi connectivity index (χ0) is 19.6. The summed E-state index contributed by atoms with van der Waals surface area (Å²) < 4.78 is 7.07. The first kappa shape index (κ1) is 18.7. The summed E-state index contributed by atoms with van der Waals surface area (Å²) >= 11 is 6.14. The molecule has 0 bridgehead atoms. The molecule has 0 fully saturated rings. The lowest BCUT2D eigenvalue weighted by atomic mass is 10.1. The summed E-state index contributed by atoms with van der Waals surface area (Å²) in [7, 11) is 1.56. The van der Waals surface area contributed by atoms with Gasteiger partial charge >= 0.3 is 5.97 Å². The smallest absolute Gasteiger partial charge is 0.337 e. The van der Waals surface area contributed by atoms with Crippen molar-refractivity contribution < 1.29 is 14.6 Å². The van der Waals surface area contributed by atoms with Gasteiger partial charge in [0.1, 0.15) is 5.75 Å². The van der Waals surface area contributed by atoms with E-state index in [0.717, 1.165) is 17.0 Å². The highest BCUT2D eigenvalue weighted by Crippen LogP contribution is 2.29. The van der Waals surface area contributed by atoms with Crippen LogP contribution in [0.15, 0.2) is 53.5 Å². The Morgan fingerprint density at radius 1 is 1.19 bits per heavy atom. The number of aromatic carboxylic acids is 1. The van der Waals surface area contributed by atoms with E-state index in [1.807, 2.05) is 36.6 Å². The Balaban J connectivity index is 2.00. The fourth-order valence-electron chi connectivity index (χ4n) is 3.02. The Hall–Kier alpha value is -3.05. The van der Waals surface area contributed by atoms with Gasteiger partial charge in [0.05, 0.1) is 29.1 Å². The lowest BCUT2D eigenvalue weighted by Gasteiger charge is -2.12. The van der Waals surface area contributed by atoms with Gasteiger partial charge < -0.3 is 14.4 Å². The number of carboxylic acids is 1. The summed E-state index contributed by atoms with van der Waals surface area (Å²) in [6.07, 6.45) is 1.75. The molecule has 0 aliphatic heterocycles. The van der Waals surface area contributed by atoms with Crippen LogP contribution in [0.4, 0.5) is 5.69 Å². The van der Waals surface area contributed by atoms with Gasteiger partial charge in [-0.3, -0.25) is 4.99 Å². The third-order valence-corrected chi connectivity index (χ3v) is 4.63. The number of hydrogen-bond acceptors (Lipinski definition) is 3. The maximum Gasteiger partial charge on any atom is 0.337 e. The Morgan fingerprint density at radius 2 is 1.93 bits per heavy atom. The number of para-hydroxylation sites is 1. The number of carboxylic acid groups (broad SMARTS) is 1. The van der Waals surface area contributed by atoms with Crippen LogP contribution in [0.25, 0.3) is 5.69 Å². The van der Waals surface area contributed by atoms with Crippen molar-refractivity contribution in [3.8, 4) is 11.4 Å². The molecule has 0 atom stereocenters. The molecule has 0 saturated carbocycles. The summed E-state index contributed by atoms with van der Waals surface area (Å²) in [6, 6.07) is 14.2. The van der Waals surface area contributed by atoms with Crippen molar-refractivity contribution in [2.24, 2.45) is 4.99 Å². The number of rotatable bonds is 5. The second-order valence-corrected chi connectivity index (χ2v) is 6.47. The molecule has 1 heterocycles. The van der Waals surface area contributed by atoms with Crippen LogP contribution in [0.2, 0.25) is 5.02 Å². The van der Waals surface area contributed by atoms with Crippen molar-refractivity contribution >= 4 is 29.5 Å². The number of aryl methyl sites for hydroxylation is 1. The lowest BCUT2D eigenvalue weighted by molar-refractivity contribution is 0.0697. The minimum absolute atomic E-state index is 0.254.